The van der Waals surface area contributed by atoms with Crippen molar-refractivity contribution in [3.05, 3.63) is 23.6 Å². The van der Waals surface area contributed by atoms with Gasteiger partial charge in [-0.1, -0.05) is 13.8 Å². The largest absolute Gasteiger partial charge is 0.368 e. The summed E-state index contributed by atoms with van der Waals surface area (Å²) in [4.78, 5) is 17.9. The van der Waals surface area contributed by atoms with Crippen molar-refractivity contribution in [3.8, 4) is 0 Å². The third-order valence-electron chi connectivity index (χ3n) is 3.37. The Morgan fingerprint density at radius 1 is 1.63 bits per heavy atom. The molecule has 4 nitrogen and oxygen atoms in total. The predicted molar refractivity (Wildman–Crippen MR) is 72.7 cm³/mol. The molecule has 0 bridgehead atoms. The Balaban J connectivity index is 2.17. The maximum Gasteiger partial charge on any atom is 0.257 e. The minimum Gasteiger partial charge on any atom is -0.368 e. The number of nitrogens with zero attached hydrogens (tertiary/aromatic N) is 2. The van der Waals surface area contributed by atoms with Crippen LogP contribution in [0.5, 0.6) is 0 Å². The number of carbonyl (C=O) groups is 1. The number of likely N-dealkylation sites (tertiary alicyclic amines) is 1. The Labute approximate surface area is 113 Å². The Hall–Kier alpha value is -1.65. The van der Waals surface area contributed by atoms with Crippen LogP contribution in [0.1, 0.15) is 37.0 Å². The second-order valence-corrected chi connectivity index (χ2v) is 5.09. The number of amides is 1. The highest BCUT2D eigenvalue weighted by Gasteiger charge is 2.26. The zero-order chi connectivity index (χ0) is 13.8. The zero-order valence-electron chi connectivity index (χ0n) is 11.4. The minimum absolute atomic E-state index is 0.114. The molecule has 0 radical (unpaired) electrons. The van der Waals surface area contributed by atoms with Crippen LogP contribution in [0, 0.1) is 11.7 Å². The van der Waals surface area contributed by atoms with Gasteiger partial charge in [0.25, 0.3) is 5.91 Å². The monoisotopic (exact) mass is 265 g/mol. The van der Waals surface area contributed by atoms with E-state index in [-0.39, 0.29) is 17.3 Å². The van der Waals surface area contributed by atoms with Gasteiger partial charge in [-0.05, 0) is 24.8 Å². The fourth-order valence-corrected chi connectivity index (χ4v) is 2.27. The first kappa shape index (κ1) is 13.8. The molecule has 1 aliphatic heterocycles. The summed E-state index contributed by atoms with van der Waals surface area (Å²) < 4.78 is 14.2. The second kappa shape index (κ2) is 5.99. The van der Waals surface area contributed by atoms with Crippen LogP contribution in [0.2, 0.25) is 0 Å². The first-order valence-electron chi connectivity index (χ1n) is 6.81. The van der Waals surface area contributed by atoms with E-state index in [0.29, 0.717) is 25.6 Å². The number of carbonyl (C=O) groups excluding carboxylic acids is 1. The third-order valence-corrected chi connectivity index (χ3v) is 3.37. The highest BCUT2D eigenvalue weighted by molar-refractivity contribution is 5.95. The number of anilines is 1. The third kappa shape index (κ3) is 3.03. The lowest BCUT2D eigenvalue weighted by molar-refractivity contribution is 0.0783. The van der Waals surface area contributed by atoms with Crippen molar-refractivity contribution < 1.29 is 9.18 Å². The van der Waals surface area contributed by atoms with Crippen molar-refractivity contribution >= 4 is 11.7 Å². The molecule has 2 heterocycles. The normalized spacial score (nSPS) is 18.7. The summed E-state index contributed by atoms with van der Waals surface area (Å²) in [5.41, 5.74) is 0.114. The molecule has 0 aliphatic carbocycles. The quantitative estimate of drug-likeness (QED) is 0.910. The first-order valence-corrected chi connectivity index (χ1v) is 6.81. The van der Waals surface area contributed by atoms with Crippen LogP contribution in [-0.4, -0.2) is 35.4 Å². The highest BCUT2D eigenvalue weighted by Crippen LogP contribution is 2.21. The molecule has 1 saturated heterocycles. The molecule has 1 N–H and O–H groups in total. The van der Waals surface area contributed by atoms with Crippen molar-refractivity contribution in [2.75, 3.05) is 25.0 Å². The summed E-state index contributed by atoms with van der Waals surface area (Å²) >= 11 is 0. The summed E-state index contributed by atoms with van der Waals surface area (Å²) in [6.07, 6.45) is 3.34. The van der Waals surface area contributed by atoms with Crippen molar-refractivity contribution in [2.24, 2.45) is 5.92 Å². The van der Waals surface area contributed by atoms with Crippen molar-refractivity contribution in [3.63, 3.8) is 0 Å². The van der Waals surface area contributed by atoms with E-state index in [9.17, 15) is 9.18 Å². The lowest BCUT2D eigenvalue weighted by Crippen LogP contribution is -2.29. The van der Waals surface area contributed by atoms with Crippen LogP contribution in [-0.2, 0) is 0 Å². The second-order valence-electron chi connectivity index (χ2n) is 5.09. The molecule has 1 amide bonds. The van der Waals surface area contributed by atoms with Crippen LogP contribution < -0.4 is 5.32 Å². The van der Waals surface area contributed by atoms with Crippen molar-refractivity contribution in [1.82, 2.24) is 9.88 Å². The van der Waals surface area contributed by atoms with Gasteiger partial charge in [0.15, 0.2) is 11.6 Å². The van der Waals surface area contributed by atoms with Gasteiger partial charge in [-0.2, -0.15) is 0 Å². The van der Waals surface area contributed by atoms with Gasteiger partial charge in [0.2, 0.25) is 0 Å². The smallest absolute Gasteiger partial charge is 0.257 e. The van der Waals surface area contributed by atoms with E-state index in [1.54, 1.807) is 4.90 Å². The fraction of sp³-hybridized carbons (Fsp3) is 0.571. The van der Waals surface area contributed by atoms with Crippen molar-refractivity contribution in [2.45, 2.75) is 26.7 Å². The number of halogens is 1. The molecule has 0 spiro atoms. The molecule has 19 heavy (non-hydrogen) atoms. The molecule has 5 heteroatoms. The van der Waals surface area contributed by atoms with Crippen LogP contribution in [0.3, 0.4) is 0 Å². The highest BCUT2D eigenvalue weighted by atomic mass is 19.1. The fourth-order valence-electron chi connectivity index (χ4n) is 2.27. The standard InChI is InChI=1S/C14H20FN3O/c1-3-6-16-13-12(15)11(4-7-17-13)14(19)18-8-5-10(2)9-18/h4,7,10H,3,5-6,8-9H2,1-2H3,(H,16,17). The lowest BCUT2D eigenvalue weighted by atomic mass is 10.2. The number of aromatic nitrogens is 1. The molecule has 104 valence electrons. The average molecular weight is 265 g/mol. The Bertz CT molecular complexity index is 464. The molecule has 0 aromatic carbocycles. The molecule has 1 fully saturated rings. The lowest BCUT2D eigenvalue weighted by Gasteiger charge is -2.17. The molecule has 1 atom stereocenters. The number of rotatable bonds is 4. The van der Waals surface area contributed by atoms with Crippen LogP contribution in [0.15, 0.2) is 12.3 Å². The molecule has 0 saturated carbocycles. The molecule has 1 aromatic rings. The summed E-state index contributed by atoms with van der Waals surface area (Å²) in [7, 11) is 0. The minimum atomic E-state index is -0.541. The average Bonchev–Trinajstić information content (AvgIpc) is 2.83. The number of hydrogen-bond donors (Lipinski definition) is 1. The van der Waals surface area contributed by atoms with Gasteiger partial charge in [0, 0.05) is 25.8 Å². The van der Waals surface area contributed by atoms with Gasteiger partial charge in [-0.3, -0.25) is 4.79 Å². The summed E-state index contributed by atoms with van der Waals surface area (Å²) in [6.45, 7) is 6.15. The Morgan fingerprint density at radius 2 is 2.42 bits per heavy atom. The Morgan fingerprint density at radius 3 is 3.05 bits per heavy atom. The summed E-state index contributed by atoms with van der Waals surface area (Å²) in [6, 6.07) is 1.46. The first-order chi connectivity index (χ1) is 9.13. The summed E-state index contributed by atoms with van der Waals surface area (Å²) in [5.74, 6) is -0.115. The van der Waals surface area contributed by atoms with Crippen LogP contribution in [0.25, 0.3) is 0 Å². The van der Waals surface area contributed by atoms with E-state index in [1.165, 1.54) is 12.3 Å². The van der Waals surface area contributed by atoms with E-state index in [4.69, 9.17) is 0 Å². The zero-order valence-corrected chi connectivity index (χ0v) is 11.4. The molecule has 1 aromatic heterocycles. The SMILES string of the molecule is CCCNc1nccc(C(=O)N2CCC(C)C2)c1F. The predicted octanol–water partition coefficient (Wildman–Crippen LogP) is 2.52. The van der Waals surface area contributed by atoms with Gasteiger partial charge in [-0.25, -0.2) is 9.37 Å². The maximum atomic E-state index is 14.2. The number of nitrogens with one attached hydrogen (secondary N) is 1. The van der Waals surface area contributed by atoms with Crippen LogP contribution >= 0.6 is 0 Å². The maximum absolute atomic E-state index is 14.2. The van der Waals surface area contributed by atoms with Gasteiger partial charge < -0.3 is 10.2 Å². The van der Waals surface area contributed by atoms with Gasteiger partial charge >= 0.3 is 0 Å². The molecular weight excluding hydrogens is 245 g/mol. The number of hydrogen-bond acceptors (Lipinski definition) is 3. The Kier molecular flexibility index (Phi) is 4.35. The van der Waals surface area contributed by atoms with Crippen LogP contribution in [0.4, 0.5) is 10.2 Å². The molecule has 1 aliphatic rings. The molecule has 2 rings (SSSR count). The summed E-state index contributed by atoms with van der Waals surface area (Å²) in [5, 5.41) is 2.90. The number of pyridine rings is 1. The van der Waals surface area contributed by atoms with E-state index in [2.05, 4.69) is 17.2 Å². The van der Waals surface area contributed by atoms with Crippen molar-refractivity contribution in [1.29, 1.82) is 0 Å². The van der Waals surface area contributed by atoms with E-state index in [1.807, 2.05) is 6.92 Å². The van der Waals surface area contributed by atoms with Gasteiger partial charge in [0.1, 0.15) is 0 Å². The van der Waals surface area contributed by atoms with E-state index >= 15 is 0 Å². The van der Waals surface area contributed by atoms with Gasteiger partial charge in [0.05, 0.1) is 5.56 Å². The van der Waals surface area contributed by atoms with E-state index in [0.717, 1.165) is 12.8 Å². The molecular formula is C14H20FN3O. The molecule has 1 unspecified atom stereocenters. The topological polar surface area (TPSA) is 45.2 Å². The van der Waals surface area contributed by atoms with Gasteiger partial charge in [-0.15, -0.1) is 0 Å². The van der Waals surface area contributed by atoms with E-state index < -0.39 is 5.82 Å².